The third kappa shape index (κ3) is 4.27. The van der Waals surface area contributed by atoms with Crippen LogP contribution in [0.2, 0.25) is 0 Å². The van der Waals surface area contributed by atoms with Crippen LogP contribution in [0.5, 0.6) is 5.75 Å². The van der Waals surface area contributed by atoms with Crippen molar-refractivity contribution in [2.75, 3.05) is 26.2 Å². The van der Waals surface area contributed by atoms with Gasteiger partial charge in [-0.25, -0.2) is 4.79 Å². The van der Waals surface area contributed by atoms with Gasteiger partial charge in [-0.1, -0.05) is 49.4 Å². The highest BCUT2D eigenvalue weighted by molar-refractivity contribution is 5.97. The summed E-state index contributed by atoms with van der Waals surface area (Å²) in [6.07, 6.45) is 1.91. The van der Waals surface area contributed by atoms with Gasteiger partial charge >= 0.3 is 6.09 Å². The Morgan fingerprint density at radius 2 is 1.77 bits per heavy atom. The van der Waals surface area contributed by atoms with Gasteiger partial charge in [-0.15, -0.1) is 0 Å². The normalized spacial score (nSPS) is 17.8. The maximum atomic E-state index is 13.0. The van der Waals surface area contributed by atoms with Crippen molar-refractivity contribution in [1.82, 2.24) is 9.80 Å². The minimum absolute atomic E-state index is 0.0222. The first-order valence-electron chi connectivity index (χ1n) is 10.6. The summed E-state index contributed by atoms with van der Waals surface area (Å²) in [5.74, 6) is 0.662. The fourth-order valence-corrected chi connectivity index (χ4v) is 4.21. The third-order valence-electron chi connectivity index (χ3n) is 5.84. The van der Waals surface area contributed by atoms with E-state index in [1.165, 1.54) is 0 Å². The topological polar surface area (TPSA) is 59.1 Å². The van der Waals surface area contributed by atoms with Crippen LogP contribution in [0, 0.1) is 0 Å². The van der Waals surface area contributed by atoms with E-state index in [9.17, 15) is 9.59 Å². The molecule has 0 saturated carbocycles. The highest BCUT2D eigenvalue weighted by Crippen LogP contribution is 2.35. The number of rotatable bonds is 4. The van der Waals surface area contributed by atoms with Crippen LogP contribution in [0.25, 0.3) is 0 Å². The average Bonchev–Trinajstić information content (AvgIpc) is 2.88. The van der Waals surface area contributed by atoms with Crippen molar-refractivity contribution in [3.63, 3.8) is 0 Å². The molecular formula is C24H28N2O4. The summed E-state index contributed by atoms with van der Waals surface area (Å²) < 4.78 is 11.9. The van der Waals surface area contributed by atoms with Crippen LogP contribution < -0.4 is 4.74 Å². The van der Waals surface area contributed by atoms with Gasteiger partial charge < -0.3 is 19.3 Å². The lowest BCUT2D eigenvalue weighted by Crippen LogP contribution is -2.55. The Morgan fingerprint density at radius 1 is 1.07 bits per heavy atom. The molecule has 2 aromatic rings. The molecule has 2 amide bonds. The van der Waals surface area contributed by atoms with E-state index >= 15 is 0 Å². The van der Waals surface area contributed by atoms with E-state index in [0.717, 1.165) is 12.0 Å². The molecule has 30 heavy (non-hydrogen) atoms. The Kier molecular flexibility index (Phi) is 5.93. The fourth-order valence-electron chi connectivity index (χ4n) is 4.21. The van der Waals surface area contributed by atoms with Gasteiger partial charge in [0.05, 0.1) is 12.1 Å². The van der Waals surface area contributed by atoms with Gasteiger partial charge in [0.1, 0.15) is 18.0 Å². The van der Waals surface area contributed by atoms with Gasteiger partial charge in [-0.05, 0) is 24.1 Å². The van der Waals surface area contributed by atoms with Crippen LogP contribution in [-0.4, -0.2) is 53.6 Å². The first-order valence-corrected chi connectivity index (χ1v) is 10.6. The molecule has 4 rings (SSSR count). The van der Waals surface area contributed by atoms with Crippen molar-refractivity contribution >= 4 is 12.0 Å². The minimum atomic E-state index is -0.479. The standard InChI is InChI=1S/C24H28N2O4/c1-2-14-26-18-24(30-21-11-7-6-10-20(21)22(26)27)12-15-25(16-13-24)23(28)29-17-19-8-4-3-5-9-19/h3-11H,2,12-18H2,1H3. The number of piperidine rings is 1. The number of ether oxygens (including phenoxy) is 2. The van der Waals surface area contributed by atoms with Crippen molar-refractivity contribution in [3.05, 3.63) is 65.7 Å². The minimum Gasteiger partial charge on any atom is -0.484 e. The molecule has 0 bridgehead atoms. The summed E-state index contributed by atoms with van der Waals surface area (Å²) in [6, 6.07) is 17.1. The van der Waals surface area contributed by atoms with Gasteiger partial charge in [0.15, 0.2) is 0 Å². The van der Waals surface area contributed by atoms with E-state index < -0.39 is 5.60 Å². The predicted molar refractivity (Wildman–Crippen MR) is 113 cm³/mol. The van der Waals surface area contributed by atoms with Gasteiger partial charge in [0.2, 0.25) is 0 Å². The zero-order valence-electron chi connectivity index (χ0n) is 17.4. The Hall–Kier alpha value is -3.02. The molecule has 2 aliphatic rings. The van der Waals surface area contributed by atoms with E-state index in [0.29, 0.717) is 50.3 Å². The van der Waals surface area contributed by atoms with E-state index in [1.807, 2.05) is 59.5 Å². The number of likely N-dealkylation sites (tertiary alicyclic amines) is 1. The van der Waals surface area contributed by atoms with Gasteiger partial charge in [-0.2, -0.15) is 0 Å². The highest BCUT2D eigenvalue weighted by Gasteiger charge is 2.43. The summed E-state index contributed by atoms with van der Waals surface area (Å²) in [4.78, 5) is 29.2. The zero-order valence-corrected chi connectivity index (χ0v) is 17.4. The quantitative estimate of drug-likeness (QED) is 0.764. The van der Waals surface area contributed by atoms with E-state index in [-0.39, 0.29) is 18.6 Å². The molecule has 158 valence electrons. The summed E-state index contributed by atoms with van der Waals surface area (Å²) in [6.45, 7) is 4.67. The molecular weight excluding hydrogens is 380 g/mol. The molecule has 0 unspecified atom stereocenters. The maximum absolute atomic E-state index is 13.0. The number of amides is 2. The zero-order chi connectivity index (χ0) is 21.0. The number of carbonyl (C=O) groups is 2. The predicted octanol–water partition coefficient (Wildman–Crippen LogP) is 4.10. The number of carbonyl (C=O) groups excluding carboxylic acids is 2. The summed E-state index contributed by atoms with van der Waals surface area (Å²) in [5.41, 5.74) is 1.11. The number of hydrogen-bond acceptors (Lipinski definition) is 4. The van der Waals surface area contributed by atoms with E-state index in [4.69, 9.17) is 9.47 Å². The molecule has 0 aromatic heterocycles. The highest BCUT2D eigenvalue weighted by atomic mass is 16.6. The molecule has 1 saturated heterocycles. The van der Waals surface area contributed by atoms with E-state index in [1.54, 1.807) is 4.90 Å². The van der Waals surface area contributed by atoms with Crippen LogP contribution >= 0.6 is 0 Å². The van der Waals surface area contributed by atoms with Crippen LogP contribution in [0.1, 0.15) is 42.1 Å². The SMILES string of the molecule is CCCN1CC2(CCN(C(=O)OCc3ccccc3)CC2)Oc2ccccc2C1=O. The van der Waals surface area contributed by atoms with Crippen molar-refractivity contribution in [2.45, 2.75) is 38.4 Å². The van der Waals surface area contributed by atoms with Crippen molar-refractivity contribution < 1.29 is 19.1 Å². The smallest absolute Gasteiger partial charge is 0.410 e. The van der Waals surface area contributed by atoms with Crippen LogP contribution in [0.3, 0.4) is 0 Å². The lowest BCUT2D eigenvalue weighted by Gasteiger charge is -2.42. The monoisotopic (exact) mass is 408 g/mol. The molecule has 2 aromatic carbocycles. The third-order valence-corrected chi connectivity index (χ3v) is 5.84. The second kappa shape index (κ2) is 8.78. The summed E-state index contributed by atoms with van der Waals surface area (Å²) in [7, 11) is 0. The van der Waals surface area contributed by atoms with Crippen molar-refractivity contribution in [3.8, 4) is 5.75 Å². The lowest BCUT2D eigenvalue weighted by molar-refractivity contribution is -0.0158. The van der Waals surface area contributed by atoms with Crippen LogP contribution in [0.15, 0.2) is 54.6 Å². The first kappa shape index (κ1) is 20.3. The molecule has 0 atom stereocenters. The average molecular weight is 408 g/mol. The Bertz CT molecular complexity index is 891. The van der Waals surface area contributed by atoms with Crippen molar-refractivity contribution in [2.24, 2.45) is 0 Å². The van der Waals surface area contributed by atoms with Crippen LogP contribution in [0.4, 0.5) is 4.79 Å². The molecule has 6 nitrogen and oxygen atoms in total. The Morgan fingerprint density at radius 3 is 2.50 bits per heavy atom. The maximum Gasteiger partial charge on any atom is 0.410 e. The Labute approximate surface area is 177 Å². The number of benzene rings is 2. The molecule has 0 aliphatic carbocycles. The molecule has 0 radical (unpaired) electrons. The number of fused-ring (bicyclic) bond motifs is 1. The van der Waals surface area contributed by atoms with Crippen LogP contribution in [-0.2, 0) is 11.3 Å². The van der Waals surface area contributed by atoms with Crippen molar-refractivity contribution in [1.29, 1.82) is 0 Å². The molecule has 1 spiro atoms. The van der Waals surface area contributed by atoms with Gasteiger partial charge in [0, 0.05) is 32.5 Å². The second-order valence-corrected chi connectivity index (χ2v) is 8.04. The number of para-hydroxylation sites is 1. The molecule has 2 aliphatic heterocycles. The molecule has 2 heterocycles. The first-order chi connectivity index (χ1) is 14.6. The Balaban J connectivity index is 1.43. The number of nitrogens with zero attached hydrogens (tertiary/aromatic N) is 2. The van der Waals surface area contributed by atoms with Gasteiger partial charge in [0.25, 0.3) is 5.91 Å². The lowest BCUT2D eigenvalue weighted by atomic mass is 9.90. The molecule has 6 heteroatoms. The number of hydrogen-bond donors (Lipinski definition) is 0. The molecule has 1 fully saturated rings. The summed E-state index contributed by atoms with van der Waals surface area (Å²) in [5, 5.41) is 0. The second-order valence-electron chi connectivity index (χ2n) is 8.04. The van der Waals surface area contributed by atoms with Gasteiger partial charge in [-0.3, -0.25) is 4.79 Å². The fraction of sp³-hybridized carbons (Fsp3) is 0.417. The molecule has 0 N–H and O–H groups in total. The van der Waals surface area contributed by atoms with E-state index in [2.05, 4.69) is 6.92 Å². The summed E-state index contributed by atoms with van der Waals surface area (Å²) >= 11 is 0. The largest absolute Gasteiger partial charge is 0.484 e.